The van der Waals surface area contributed by atoms with Gasteiger partial charge in [0.1, 0.15) is 17.4 Å². The number of carbonyl (C=O) groups excluding carboxylic acids is 2. The Bertz CT molecular complexity index is 733. The topological polar surface area (TPSA) is 81.4 Å². The van der Waals surface area contributed by atoms with Crippen LogP contribution in [-0.2, 0) is 4.79 Å². The van der Waals surface area contributed by atoms with Crippen molar-refractivity contribution in [1.82, 2.24) is 0 Å². The Kier molecular flexibility index (Phi) is 4.90. The van der Waals surface area contributed by atoms with E-state index in [0.29, 0.717) is 17.4 Å². The van der Waals surface area contributed by atoms with E-state index in [9.17, 15) is 18.4 Å². The molecule has 0 heterocycles. The number of ether oxygens (including phenoxy) is 1. The third-order valence-corrected chi connectivity index (χ3v) is 3.01. The fraction of sp³-hybridized carbons (Fsp3) is 0.125. The number of hydrogen-bond acceptors (Lipinski definition) is 3. The molecule has 1 atom stereocenters. The summed E-state index contributed by atoms with van der Waals surface area (Å²) in [6.07, 6.45) is -0.932. The average Bonchev–Trinajstić information content (AvgIpc) is 2.50. The van der Waals surface area contributed by atoms with E-state index in [0.717, 1.165) is 12.1 Å². The molecule has 0 bridgehead atoms. The summed E-state index contributed by atoms with van der Waals surface area (Å²) in [4.78, 5) is 22.9. The zero-order chi connectivity index (χ0) is 17.0. The van der Waals surface area contributed by atoms with Crippen molar-refractivity contribution in [2.24, 2.45) is 5.73 Å². The van der Waals surface area contributed by atoms with Crippen molar-refractivity contribution in [2.45, 2.75) is 13.0 Å². The van der Waals surface area contributed by atoms with Crippen molar-refractivity contribution in [3.63, 3.8) is 0 Å². The lowest BCUT2D eigenvalue weighted by Gasteiger charge is -2.15. The van der Waals surface area contributed by atoms with Crippen LogP contribution in [0.5, 0.6) is 5.75 Å². The third kappa shape index (κ3) is 4.26. The van der Waals surface area contributed by atoms with Gasteiger partial charge >= 0.3 is 0 Å². The van der Waals surface area contributed by atoms with Crippen LogP contribution in [-0.4, -0.2) is 17.9 Å². The van der Waals surface area contributed by atoms with Gasteiger partial charge in [-0.25, -0.2) is 8.78 Å². The summed E-state index contributed by atoms with van der Waals surface area (Å²) in [7, 11) is 0. The number of anilines is 1. The first kappa shape index (κ1) is 16.4. The molecule has 0 saturated carbocycles. The molecule has 2 rings (SSSR count). The van der Waals surface area contributed by atoms with E-state index in [1.807, 2.05) is 0 Å². The molecule has 0 aromatic heterocycles. The van der Waals surface area contributed by atoms with E-state index in [1.54, 1.807) is 0 Å². The van der Waals surface area contributed by atoms with Crippen LogP contribution >= 0.6 is 0 Å². The van der Waals surface area contributed by atoms with Crippen LogP contribution in [0.1, 0.15) is 17.3 Å². The highest BCUT2D eigenvalue weighted by Crippen LogP contribution is 2.17. The number of rotatable bonds is 5. The Morgan fingerprint density at radius 2 is 1.78 bits per heavy atom. The van der Waals surface area contributed by atoms with Crippen molar-refractivity contribution in [1.29, 1.82) is 0 Å². The summed E-state index contributed by atoms with van der Waals surface area (Å²) >= 11 is 0. The molecule has 0 saturated heterocycles. The van der Waals surface area contributed by atoms with Crippen molar-refractivity contribution in [3.05, 3.63) is 59.7 Å². The van der Waals surface area contributed by atoms with Crippen LogP contribution in [0.3, 0.4) is 0 Å². The van der Waals surface area contributed by atoms with Crippen molar-refractivity contribution >= 4 is 17.5 Å². The monoisotopic (exact) mass is 320 g/mol. The van der Waals surface area contributed by atoms with E-state index in [-0.39, 0.29) is 5.69 Å². The van der Waals surface area contributed by atoms with Gasteiger partial charge in [0.2, 0.25) is 5.91 Å². The van der Waals surface area contributed by atoms with E-state index in [2.05, 4.69) is 5.32 Å². The van der Waals surface area contributed by atoms with E-state index < -0.39 is 29.6 Å². The third-order valence-electron chi connectivity index (χ3n) is 3.01. The highest BCUT2D eigenvalue weighted by Gasteiger charge is 2.17. The number of halogens is 2. The molecule has 5 nitrogen and oxygen atoms in total. The van der Waals surface area contributed by atoms with Gasteiger partial charge in [-0.05, 0) is 43.3 Å². The molecule has 7 heteroatoms. The minimum atomic E-state index is -0.932. The molecule has 0 unspecified atom stereocenters. The van der Waals surface area contributed by atoms with Crippen LogP contribution in [0.2, 0.25) is 0 Å². The van der Waals surface area contributed by atoms with E-state index >= 15 is 0 Å². The van der Waals surface area contributed by atoms with Gasteiger partial charge in [0.05, 0.1) is 5.69 Å². The summed E-state index contributed by atoms with van der Waals surface area (Å²) < 4.78 is 31.7. The van der Waals surface area contributed by atoms with Gasteiger partial charge in [-0.2, -0.15) is 0 Å². The largest absolute Gasteiger partial charge is 0.481 e. The molecule has 0 aliphatic heterocycles. The quantitative estimate of drug-likeness (QED) is 0.888. The lowest BCUT2D eigenvalue weighted by molar-refractivity contribution is -0.122. The molecular formula is C16H14F2N2O3. The number of hydrogen-bond donors (Lipinski definition) is 2. The predicted molar refractivity (Wildman–Crippen MR) is 80.0 cm³/mol. The number of nitrogens with one attached hydrogen (secondary N) is 1. The summed E-state index contributed by atoms with van der Waals surface area (Å²) in [5, 5.41) is 2.31. The van der Waals surface area contributed by atoms with Gasteiger partial charge in [0.15, 0.2) is 6.10 Å². The minimum Gasteiger partial charge on any atom is -0.481 e. The molecule has 2 aromatic carbocycles. The van der Waals surface area contributed by atoms with Crippen LogP contribution in [0.4, 0.5) is 14.5 Å². The smallest absolute Gasteiger partial charge is 0.265 e. The highest BCUT2D eigenvalue weighted by atomic mass is 19.1. The SMILES string of the molecule is C[C@H](Oc1ccc(C(N)=O)cc1)C(=O)Nc1ccc(F)cc1F. The molecule has 120 valence electrons. The molecule has 2 amide bonds. The fourth-order valence-corrected chi connectivity index (χ4v) is 1.78. The standard InChI is InChI=1S/C16H14F2N2O3/c1-9(23-12-5-2-10(3-6-12)15(19)21)16(22)20-14-7-4-11(17)8-13(14)18/h2-9H,1H3,(H2,19,21)(H,20,22)/t9-/m0/s1. The number of benzene rings is 2. The molecular weight excluding hydrogens is 306 g/mol. The lowest BCUT2D eigenvalue weighted by Crippen LogP contribution is -2.30. The fourth-order valence-electron chi connectivity index (χ4n) is 1.78. The first-order valence-corrected chi connectivity index (χ1v) is 6.69. The van der Waals surface area contributed by atoms with Crippen LogP contribution in [0.25, 0.3) is 0 Å². The minimum absolute atomic E-state index is 0.143. The summed E-state index contributed by atoms with van der Waals surface area (Å²) in [6, 6.07) is 8.72. The Morgan fingerprint density at radius 3 is 2.35 bits per heavy atom. The summed E-state index contributed by atoms with van der Waals surface area (Å²) in [5.41, 5.74) is 5.28. The first-order chi connectivity index (χ1) is 10.9. The molecule has 3 N–H and O–H groups in total. The predicted octanol–water partition coefficient (Wildman–Crippen LogP) is 2.47. The average molecular weight is 320 g/mol. The first-order valence-electron chi connectivity index (χ1n) is 6.69. The second-order valence-electron chi connectivity index (χ2n) is 4.76. The zero-order valence-corrected chi connectivity index (χ0v) is 12.2. The summed E-state index contributed by atoms with van der Waals surface area (Å²) in [6.45, 7) is 1.47. The molecule has 0 aliphatic rings. The van der Waals surface area contributed by atoms with E-state index in [1.165, 1.54) is 31.2 Å². The van der Waals surface area contributed by atoms with Gasteiger partial charge < -0.3 is 15.8 Å². The summed E-state index contributed by atoms with van der Waals surface area (Å²) in [5.74, 6) is -2.45. The van der Waals surface area contributed by atoms with E-state index in [4.69, 9.17) is 10.5 Å². The number of amides is 2. The Labute approximate surface area is 131 Å². The zero-order valence-electron chi connectivity index (χ0n) is 12.2. The maximum atomic E-state index is 13.5. The normalized spacial score (nSPS) is 11.6. The number of nitrogens with two attached hydrogens (primary N) is 1. The Morgan fingerprint density at radius 1 is 1.13 bits per heavy atom. The number of carbonyl (C=O) groups is 2. The van der Waals surface area contributed by atoms with Gasteiger partial charge in [0, 0.05) is 11.6 Å². The maximum Gasteiger partial charge on any atom is 0.265 e. The maximum absolute atomic E-state index is 13.5. The van der Waals surface area contributed by atoms with Crippen LogP contribution in [0.15, 0.2) is 42.5 Å². The second-order valence-corrected chi connectivity index (χ2v) is 4.76. The molecule has 0 spiro atoms. The van der Waals surface area contributed by atoms with Crippen molar-refractivity contribution < 1.29 is 23.1 Å². The Balaban J connectivity index is 2.00. The Hall–Kier alpha value is -2.96. The van der Waals surface area contributed by atoms with Crippen molar-refractivity contribution in [3.8, 4) is 5.75 Å². The van der Waals surface area contributed by atoms with Crippen LogP contribution < -0.4 is 15.8 Å². The van der Waals surface area contributed by atoms with Gasteiger partial charge in [0.25, 0.3) is 5.91 Å². The molecule has 23 heavy (non-hydrogen) atoms. The van der Waals surface area contributed by atoms with Crippen LogP contribution in [0, 0.1) is 11.6 Å². The lowest BCUT2D eigenvalue weighted by atomic mass is 10.2. The van der Waals surface area contributed by atoms with Gasteiger partial charge in [-0.3, -0.25) is 9.59 Å². The van der Waals surface area contributed by atoms with Gasteiger partial charge in [-0.1, -0.05) is 0 Å². The highest BCUT2D eigenvalue weighted by molar-refractivity contribution is 5.94. The second kappa shape index (κ2) is 6.87. The van der Waals surface area contributed by atoms with Crippen molar-refractivity contribution in [2.75, 3.05) is 5.32 Å². The molecule has 0 radical (unpaired) electrons. The molecule has 2 aromatic rings. The molecule has 0 fully saturated rings. The molecule has 0 aliphatic carbocycles. The number of primary amides is 1. The van der Waals surface area contributed by atoms with Gasteiger partial charge in [-0.15, -0.1) is 0 Å².